The van der Waals surface area contributed by atoms with E-state index in [-0.39, 0.29) is 5.54 Å². The van der Waals surface area contributed by atoms with Crippen molar-refractivity contribution in [2.75, 3.05) is 13.2 Å². The summed E-state index contributed by atoms with van der Waals surface area (Å²) in [5, 5.41) is 3.93. The van der Waals surface area contributed by atoms with E-state index in [1.165, 1.54) is 31.2 Å². The van der Waals surface area contributed by atoms with Crippen molar-refractivity contribution < 1.29 is 4.74 Å². The highest BCUT2D eigenvalue weighted by atomic mass is 16.5. The first-order valence-corrected chi connectivity index (χ1v) is 8.39. The number of ether oxygens (including phenoxy) is 1. The van der Waals surface area contributed by atoms with Crippen LogP contribution in [0.1, 0.15) is 58.1 Å². The van der Waals surface area contributed by atoms with Gasteiger partial charge in [-0.25, -0.2) is 0 Å². The SMILES string of the molecule is CC(C)(C)C1CCC2(CC1)COC[C@H](c1ccccc1)N2. The van der Waals surface area contributed by atoms with Crippen LogP contribution in [0, 0.1) is 11.3 Å². The van der Waals surface area contributed by atoms with E-state index in [1.807, 2.05) is 0 Å². The molecule has 0 aromatic heterocycles. The zero-order valence-corrected chi connectivity index (χ0v) is 13.7. The molecule has 1 atom stereocenters. The van der Waals surface area contributed by atoms with Crippen LogP contribution in [0.3, 0.4) is 0 Å². The van der Waals surface area contributed by atoms with Gasteiger partial charge in [0.05, 0.1) is 19.3 Å². The highest BCUT2D eigenvalue weighted by Gasteiger charge is 2.42. The third-order valence-corrected chi connectivity index (χ3v) is 5.51. The number of morpholine rings is 1. The summed E-state index contributed by atoms with van der Waals surface area (Å²) in [6.07, 6.45) is 5.14. The van der Waals surface area contributed by atoms with Gasteiger partial charge in [-0.3, -0.25) is 0 Å². The van der Waals surface area contributed by atoms with Crippen molar-refractivity contribution in [3.05, 3.63) is 35.9 Å². The van der Waals surface area contributed by atoms with E-state index in [4.69, 9.17) is 4.74 Å². The van der Waals surface area contributed by atoms with E-state index in [9.17, 15) is 0 Å². The fraction of sp³-hybridized carbons (Fsp3) is 0.684. The fourth-order valence-electron chi connectivity index (χ4n) is 4.02. The zero-order valence-electron chi connectivity index (χ0n) is 13.7. The Kier molecular flexibility index (Phi) is 4.11. The second kappa shape index (κ2) is 5.73. The predicted molar refractivity (Wildman–Crippen MR) is 87.3 cm³/mol. The van der Waals surface area contributed by atoms with Crippen LogP contribution in [-0.2, 0) is 4.74 Å². The van der Waals surface area contributed by atoms with Crippen LogP contribution in [0.5, 0.6) is 0 Å². The molecular weight excluding hydrogens is 258 g/mol. The van der Waals surface area contributed by atoms with Crippen molar-refractivity contribution in [2.24, 2.45) is 11.3 Å². The van der Waals surface area contributed by atoms with E-state index in [1.54, 1.807) is 0 Å². The normalized spacial score (nSPS) is 34.0. The standard InChI is InChI=1S/C19H29NO/c1-18(2,3)16-9-11-19(12-10-16)14-21-13-17(20-19)15-7-5-4-6-8-15/h4-8,16-17,20H,9-14H2,1-3H3/t16?,17-,19?/m1/s1. The molecule has 3 rings (SSSR count). The van der Waals surface area contributed by atoms with Crippen LogP contribution >= 0.6 is 0 Å². The number of nitrogens with one attached hydrogen (secondary N) is 1. The Morgan fingerprint density at radius 1 is 1.10 bits per heavy atom. The molecule has 0 amide bonds. The van der Waals surface area contributed by atoms with Gasteiger partial charge in [-0.2, -0.15) is 0 Å². The van der Waals surface area contributed by atoms with Crippen LogP contribution in [0.4, 0.5) is 0 Å². The first-order chi connectivity index (χ1) is 9.99. The molecule has 2 nitrogen and oxygen atoms in total. The number of hydrogen-bond donors (Lipinski definition) is 1. The molecule has 1 saturated carbocycles. The lowest BCUT2D eigenvalue weighted by molar-refractivity contribution is -0.0322. The molecule has 1 aliphatic carbocycles. The van der Waals surface area contributed by atoms with Crippen molar-refractivity contribution in [3.63, 3.8) is 0 Å². The van der Waals surface area contributed by atoms with Gasteiger partial charge in [-0.1, -0.05) is 51.1 Å². The summed E-state index contributed by atoms with van der Waals surface area (Å²) >= 11 is 0. The fourth-order valence-corrected chi connectivity index (χ4v) is 4.02. The third-order valence-electron chi connectivity index (χ3n) is 5.51. The average Bonchev–Trinajstić information content (AvgIpc) is 2.48. The van der Waals surface area contributed by atoms with Gasteiger partial charge in [0.1, 0.15) is 0 Å². The van der Waals surface area contributed by atoms with Gasteiger partial charge >= 0.3 is 0 Å². The Labute approximate surface area is 129 Å². The topological polar surface area (TPSA) is 21.3 Å². The first-order valence-electron chi connectivity index (χ1n) is 8.39. The summed E-state index contributed by atoms with van der Waals surface area (Å²) in [7, 11) is 0. The van der Waals surface area contributed by atoms with Crippen molar-refractivity contribution in [2.45, 2.75) is 58.0 Å². The summed E-state index contributed by atoms with van der Waals surface area (Å²) in [5.74, 6) is 0.849. The lowest BCUT2D eigenvalue weighted by Gasteiger charge is -2.48. The van der Waals surface area contributed by atoms with Gasteiger partial charge in [-0.05, 0) is 42.6 Å². The average molecular weight is 287 g/mol. The van der Waals surface area contributed by atoms with E-state index < -0.39 is 0 Å². The molecule has 1 aliphatic heterocycles. The van der Waals surface area contributed by atoms with Crippen LogP contribution in [0.25, 0.3) is 0 Å². The molecular formula is C19H29NO. The molecule has 2 fully saturated rings. The Hall–Kier alpha value is -0.860. The quantitative estimate of drug-likeness (QED) is 0.830. The highest BCUT2D eigenvalue weighted by molar-refractivity contribution is 5.20. The van der Waals surface area contributed by atoms with Gasteiger partial charge in [-0.15, -0.1) is 0 Å². The minimum Gasteiger partial charge on any atom is -0.378 e. The number of benzene rings is 1. The number of hydrogen-bond acceptors (Lipinski definition) is 2. The van der Waals surface area contributed by atoms with E-state index >= 15 is 0 Å². The highest BCUT2D eigenvalue weighted by Crippen LogP contribution is 2.43. The maximum Gasteiger partial charge on any atom is 0.0662 e. The second-order valence-electron chi connectivity index (χ2n) is 8.04. The summed E-state index contributed by atoms with van der Waals surface area (Å²) in [4.78, 5) is 0. The molecule has 21 heavy (non-hydrogen) atoms. The van der Waals surface area contributed by atoms with Crippen LogP contribution in [0.2, 0.25) is 0 Å². The van der Waals surface area contributed by atoms with Crippen LogP contribution < -0.4 is 5.32 Å². The van der Waals surface area contributed by atoms with Gasteiger partial charge in [0.15, 0.2) is 0 Å². The molecule has 2 aliphatic rings. The first kappa shape index (κ1) is 15.1. The van der Waals surface area contributed by atoms with Gasteiger partial charge in [0.25, 0.3) is 0 Å². The summed E-state index contributed by atoms with van der Waals surface area (Å²) in [5.41, 5.74) is 2.01. The molecule has 2 heteroatoms. The van der Waals surface area contributed by atoms with Crippen LogP contribution in [-0.4, -0.2) is 18.8 Å². The maximum absolute atomic E-state index is 5.99. The lowest BCUT2D eigenvalue weighted by atomic mass is 9.67. The summed E-state index contributed by atoms with van der Waals surface area (Å²) in [6.45, 7) is 8.83. The molecule has 0 bridgehead atoms. The van der Waals surface area contributed by atoms with Crippen molar-refractivity contribution in [1.29, 1.82) is 0 Å². The molecule has 1 heterocycles. The van der Waals surface area contributed by atoms with E-state index in [0.717, 1.165) is 19.1 Å². The van der Waals surface area contributed by atoms with Crippen molar-refractivity contribution in [3.8, 4) is 0 Å². The number of rotatable bonds is 1. The van der Waals surface area contributed by atoms with E-state index in [0.29, 0.717) is 11.5 Å². The zero-order chi connectivity index (χ0) is 14.9. The molecule has 1 aromatic carbocycles. The van der Waals surface area contributed by atoms with Gasteiger partial charge in [0, 0.05) is 5.54 Å². The van der Waals surface area contributed by atoms with Crippen molar-refractivity contribution in [1.82, 2.24) is 5.32 Å². The Morgan fingerprint density at radius 3 is 2.38 bits per heavy atom. The molecule has 0 radical (unpaired) electrons. The van der Waals surface area contributed by atoms with Crippen molar-refractivity contribution >= 4 is 0 Å². The predicted octanol–water partition coefficient (Wildman–Crippen LogP) is 4.32. The van der Waals surface area contributed by atoms with E-state index in [2.05, 4.69) is 56.4 Å². The second-order valence-corrected chi connectivity index (χ2v) is 8.04. The van der Waals surface area contributed by atoms with Crippen LogP contribution in [0.15, 0.2) is 30.3 Å². The molecule has 1 aromatic rings. The monoisotopic (exact) mass is 287 g/mol. The Balaban J connectivity index is 1.67. The Morgan fingerprint density at radius 2 is 1.76 bits per heavy atom. The maximum atomic E-state index is 5.99. The molecule has 0 unspecified atom stereocenters. The van der Waals surface area contributed by atoms with Gasteiger partial charge in [0.2, 0.25) is 0 Å². The van der Waals surface area contributed by atoms with Gasteiger partial charge < -0.3 is 10.1 Å². The molecule has 1 saturated heterocycles. The summed E-state index contributed by atoms with van der Waals surface area (Å²) in [6, 6.07) is 11.1. The molecule has 1 spiro atoms. The minimum absolute atomic E-state index is 0.209. The third kappa shape index (κ3) is 3.32. The molecule has 1 N–H and O–H groups in total. The largest absolute Gasteiger partial charge is 0.378 e. The molecule has 116 valence electrons. The smallest absolute Gasteiger partial charge is 0.0662 e. The Bertz CT molecular complexity index is 454. The summed E-state index contributed by atoms with van der Waals surface area (Å²) < 4.78 is 5.99. The minimum atomic E-state index is 0.209. The lowest BCUT2D eigenvalue weighted by Crippen LogP contribution is -2.57.